The van der Waals surface area contributed by atoms with Crippen molar-refractivity contribution in [3.8, 4) is 11.8 Å². The molecule has 0 saturated heterocycles. The van der Waals surface area contributed by atoms with Gasteiger partial charge in [0, 0.05) is 10.6 Å². The van der Waals surface area contributed by atoms with Crippen LogP contribution in [0.1, 0.15) is 16.7 Å². The third kappa shape index (κ3) is 6.58. The first kappa shape index (κ1) is 18.4. The lowest BCUT2D eigenvalue weighted by atomic mass is 10.1. The number of halogens is 1. The summed E-state index contributed by atoms with van der Waals surface area (Å²) in [5.74, 6) is 4.63. The van der Waals surface area contributed by atoms with E-state index in [1.807, 2.05) is 30.3 Å². The molecular formula is C19H16ClNO4. The summed E-state index contributed by atoms with van der Waals surface area (Å²) in [6.07, 6.45) is -0.739. The van der Waals surface area contributed by atoms with Gasteiger partial charge in [0.25, 0.3) is 0 Å². The first-order valence-corrected chi connectivity index (χ1v) is 7.86. The fourth-order valence-electron chi connectivity index (χ4n) is 2.02. The minimum Gasteiger partial charge on any atom is -0.481 e. The number of rotatable bonds is 5. The standard InChI is InChI=1S/C19H16ClNO4/c20-17-9-8-15(16(11-17)12-18(22)23)7-4-10-21-19(24)25-13-14-5-2-1-3-6-14/h1-3,5-6,8-9,11H,10,12-13H2,(H,21,24)(H,22,23). The number of ether oxygens (including phenoxy) is 1. The van der Waals surface area contributed by atoms with Crippen LogP contribution in [-0.2, 0) is 22.6 Å². The Kier molecular flexibility index (Phi) is 6.87. The van der Waals surface area contributed by atoms with Crippen molar-refractivity contribution < 1.29 is 19.4 Å². The normalized spacial score (nSPS) is 9.64. The summed E-state index contributed by atoms with van der Waals surface area (Å²) in [7, 11) is 0. The Morgan fingerprint density at radius 3 is 2.64 bits per heavy atom. The number of nitrogens with one attached hydrogen (secondary N) is 1. The van der Waals surface area contributed by atoms with E-state index in [4.69, 9.17) is 21.4 Å². The van der Waals surface area contributed by atoms with Crippen LogP contribution in [0, 0.1) is 11.8 Å². The van der Waals surface area contributed by atoms with Crippen LogP contribution in [0.25, 0.3) is 0 Å². The molecule has 2 aromatic rings. The Morgan fingerprint density at radius 1 is 1.16 bits per heavy atom. The molecule has 25 heavy (non-hydrogen) atoms. The van der Waals surface area contributed by atoms with E-state index in [9.17, 15) is 9.59 Å². The van der Waals surface area contributed by atoms with Crippen LogP contribution < -0.4 is 5.32 Å². The van der Waals surface area contributed by atoms with E-state index in [1.165, 1.54) is 0 Å². The van der Waals surface area contributed by atoms with Crippen molar-refractivity contribution in [2.45, 2.75) is 13.0 Å². The number of carboxylic acid groups (broad SMARTS) is 1. The Labute approximate surface area is 150 Å². The fourth-order valence-corrected chi connectivity index (χ4v) is 2.22. The maximum atomic E-state index is 11.6. The first-order chi connectivity index (χ1) is 12.0. The van der Waals surface area contributed by atoms with Crippen molar-refractivity contribution in [3.05, 3.63) is 70.2 Å². The molecule has 0 atom stereocenters. The average Bonchev–Trinajstić information content (AvgIpc) is 2.59. The monoisotopic (exact) mass is 357 g/mol. The van der Waals surface area contributed by atoms with Crippen molar-refractivity contribution in [2.24, 2.45) is 0 Å². The van der Waals surface area contributed by atoms with E-state index >= 15 is 0 Å². The summed E-state index contributed by atoms with van der Waals surface area (Å²) in [5, 5.41) is 11.9. The van der Waals surface area contributed by atoms with Gasteiger partial charge in [0.2, 0.25) is 0 Å². The molecule has 0 spiro atoms. The van der Waals surface area contributed by atoms with Crippen molar-refractivity contribution in [1.82, 2.24) is 5.32 Å². The van der Waals surface area contributed by atoms with Gasteiger partial charge < -0.3 is 15.2 Å². The van der Waals surface area contributed by atoms with Gasteiger partial charge in [-0.3, -0.25) is 4.79 Å². The number of hydrogen-bond acceptors (Lipinski definition) is 3. The smallest absolute Gasteiger partial charge is 0.408 e. The predicted octanol–water partition coefficient (Wildman–Crippen LogP) is 3.25. The lowest BCUT2D eigenvalue weighted by Gasteiger charge is -2.04. The topological polar surface area (TPSA) is 75.6 Å². The minimum atomic E-state index is -0.965. The molecule has 0 aliphatic rings. The van der Waals surface area contributed by atoms with Gasteiger partial charge in [0.15, 0.2) is 0 Å². The highest BCUT2D eigenvalue weighted by Gasteiger charge is 2.06. The molecule has 0 radical (unpaired) electrons. The number of carboxylic acids is 1. The van der Waals surface area contributed by atoms with E-state index in [1.54, 1.807) is 18.2 Å². The van der Waals surface area contributed by atoms with Gasteiger partial charge in [-0.25, -0.2) is 4.79 Å². The largest absolute Gasteiger partial charge is 0.481 e. The van der Waals surface area contributed by atoms with Crippen LogP contribution in [0.15, 0.2) is 48.5 Å². The van der Waals surface area contributed by atoms with Gasteiger partial charge in [0.05, 0.1) is 13.0 Å². The molecule has 0 saturated carbocycles. The Bertz CT molecular complexity index is 809. The second-order valence-electron chi connectivity index (χ2n) is 5.09. The second kappa shape index (κ2) is 9.36. The SMILES string of the molecule is O=C(O)Cc1cc(Cl)ccc1C#CCNC(=O)OCc1ccccc1. The summed E-state index contributed by atoms with van der Waals surface area (Å²) in [6, 6.07) is 14.2. The summed E-state index contributed by atoms with van der Waals surface area (Å²) in [5.41, 5.74) is 1.98. The van der Waals surface area contributed by atoms with Crippen LogP contribution in [0.3, 0.4) is 0 Å². The molecule has 5 nitrogen and oxygen atoms in total. The third-order valence-corrected chi connectivity index (χ3v) is 3.40. The lowest BCUT2D eigenvalue weighted by Crippen LogP contribution is -2.24. The third-order valence-electron chi connectivity index (χ3n) is 3.17. The van der Waals surface area contributed by atoms with E-state index < -0.39 is 12.1 Å². The minimum absolute atomic E-state index is 0.0861. The van der Waals surface area contributed by atoms with Crippen LogP contribution >= 0.6 is 11.6 Å². The highest BCUT2D eigenvalue weighted by molar-refractivity contribution is 6.30. The van der Waals surface area contributed by atoms with Crippen LogP contribution in [0.5, 0.6) is 0 Å². The molecule has 1 amide bonds. The van der Waals surface area contributed by atoms with Crippen LogP contribution in [0.4, 0.5) is 4.79 Å². The number of carbonyl (C=O) groups is 2. The van der Waals surface area contributed by atoms with Gasteiger partial charge >= 0.3 is 12.1 Å². The Balaban J connectivity index is 1.86. The molecule has 0 aliphatic carbocycles. The van der Waals surface area contributed by atoms with Gasteiger partial charge in [-0.05, 0) is 29.3 Å². The molecule has 0 bridgehead atoms. The summed E-state index contributed by atoms with van der Waals surface area (Å²) < 4.78 is 5.06. The van der Waals surface area contributed by atoms with Crippen molar-refractivity contribution in [1.29, 1.82) is 0 Å². The van der Waals surface area contributed by atoms with Gasteiger partial charge in [0.1, 0.15) is 6.61 Å². The Hall–Kier alpha value is -2.97. The second-order valence-corrected chi connectivity index (χ2v) is 5.53. The fraction of sp³-hybridized carbons (Fsp3) is 0.158. The van der Waals surface area contributed by atoms with E-state index in [0.29, 0.717) is 16.1 Å². The predicted molar refractivity (Wildman–Crippen MR) is 94.3 cm³/mol. The Morgan fingerprint density at radius 2 is 1.92 bits per heavy atom. The molecule has 2 aromatic carbocycles. The lowest BCUT2D eigenvalue weighted by molar-refractivity contribution is -0.136. The molecular weight excluding hydrogens is 342 g/mol. The number of alkyl carbamates (subject to hydrolysis) is 1. The first-order valence-electron chi connectivity index (χ1n) is 7.48. The van der Waals surface area contributed by atoms with Crippen LogP contribution in [-0.4, -0.2) is 23.7 Å². The molecule has 0 aliphatic heterocycles. The van der Waals surface area contributed by atoms with Crippen molar-refractivity contribution in [3.63, 3.8) is 0 Å². The highest BCUT2D eigenvalue weighted by atomic mass is 35.5. The van der Waals surface area contributed by atoms with Gasteiger partial charge in [-0.15, -0.1) is 0 Å². The van der Waals surface area contributed by atoms with Crippen LogP contribution in [0.2, 0.25) is 5.02 Å². The highest BCUT2D eigenvalue weighted by Crippen LogP contribution is 2.16. The molecule has 2 rings (SSSR count). The molecule has 0 fully saturated rings. The number of benzene rings is 2. The molecule has 0 unspecified atom stereocenters. The molecule has 2 N–H and O–H groups in total. The zero-order valence-corrected chi connectivity index (χ0v) is 14.0. The molecule has 0 aromatic heterocycles. The zero-order valence-electron chi connectivity index (χ0n) is 13.3. The average molecular weight is 358 g/mol. The summed E-state index contributed by atoms with van der Waals surface area (Å²) in [4.78, 5) is 22.5. The zero-order chi connectivity index (χ0) is 18.1. The van der Waals surface area contributed by atoms with E-state index in [2.05, 4.69) is 17.2 Å². The number of carbonyl (C=O) groups excluding carboxylic acids is 1. The van der Waals surface area contributed by atoms with Crippen molar-refractivity contribution in [2.75, 3.05) is 6.54 Å². The molecule has 0 heterocycles. The maximum Gasteiger partial charge on any atom is 0.408 e. The van der Waals surface area contributed by atoms with Gasteiger partial charge in [-0.1, -0.05) is 53.8 Å². The maximum absolute atomic E-state index is 11.6. The molecule has 128 valence electrons. The number of hydrogen-bond donors (Lipinski definition) is 2. The van der Waals surface area contributed by atoms with Crippen molar-refractivity contribution >= 4 is 23.7 Å². The number of aliphatic carboxylic acids is 1. The van der Waals surface area contributed by atoms with E-state index in [0.717, 1.165) is 5.56 Å². The molecule has 6 heteroatoms. The quantitative estimate of drug-likeness (QED) is 0.805. The number of amides is 1. The van der Waals surface area contributed by atoms with E-state index in [-0.39, 0.29) is 19.6 Å². The summed E-state index contributed by atoms with van der Waals surface area (Å²) in [6.45, 7) is 0.267. The van der Waals surface area contributed by atoms with Gasteiger partial charge in [-0.2, -0.15) is 0 Å². The summed E-state index contributed by atoms with van der Waals surface area (Å²) >= 11 is 5.87.